The largest absolute Gasteiger partial charge is 0.481 e. The van der Waals surface area contributed by atoms with E-state index in [1.54, 1.807) is 12.1 Å². The van der Waals surface area contributed by atoms with Crippen molar-refractivity contribution < 1.29 is 19.1 Å². The summed E-state index contributed by atoms with van der Waals surface area (Å²) in [6.45, 7) is 1.50. The fourth-order valence-electron chi connectivity index (χ4n) is 1.48. The van der Waals surface area contributed by atoms with Gasteiger partial charge in [-0.2, -0.15) is 0 Å². The van der Waals surface area contributed by atoms with Crippen LogP contribution in [0.25, 0.3) is 0 Å². The Bertz CT molecular complexity index is 558. The highest BCUT2D eigenvalue weighted by Gasteiger charge is 2.05. The molecule has 0 amide bonds. The first-order valence-corrected chi connectivity index (χ1v) is 7.10. The molecular weight excluding hydrogens is 279 g/mol. The van der Waals surface area contributed by atoms with E-state index in [9.17, 15) is 14.0 Å². The van der Waals surface area contributed by atoms with Gasteiger partial charge in [0.15, 0.2) is 5.12 Å². The van der Waals surface area contributed by atoms with Crippen molar-refractivity contribution in [3.8, 4) is 11.8 Å². The van der Waals surface area contributed by atoms with Crippen molar-refractivity contribution in [2.45, 2.75) is 26.2 Å². The average Bonchev–Trinajstić information content (AvgIpc) is 2.36. The van der Waals surface area contributed by atoms with Crippen LogP contribution in [0.1, 0.15) is 30.9 Å². The molecule has 0 fully saturated rings. The molecule has 1 N–H and O–H groups in total. The van der Waals surface area contributed by atoms with E-state index in [2.05, 4.69) is 11.8 Å². The molecule has 0 aliphatic heterocycles. The molecule has 0 spiro atoms. The third-order valence-electron chi connectivity index (χ3n) is 2.43. The molecule has 0 radical (unpaired) electrons. The van der Waals surface area contributed by atoms with Crippen molar-refractivity contribution in [3.05, 3.63) is 35.1 Å². The molecule has 1 rings (SSSR count). The van der Waals surface area contributed by atoms with Gasteiger partial charge in [-0.1, -0.05) is 29.7 Å². The highest BCUT2D eigenvalue weighted by Crippen LogP contribution is 2.12. The lowest BCUT2D eigenvalue weighted by molar-refractivity contribution is -0.137. The molecule has 0 bridgehead atoms. The summed E-state index contributed by atoms with van der Waals surface area (Å²) in [5, 5.41) is 8.61. The van der Waals surface area contributed by atoms with Gasteiger partial charge in [-0.25, -0.2) is 4.39 Å². The van der Waals surface area contributed by atoms with Crippen LogP contribution in [0.5, 0.6) is 0 Å². The van der Waals surface area contributed by atoms with Gasteiger partial charge >= 0.3 is 5.97 Å². The molecule has 20 heavy (non-hydrogen) atoms. The maximum atomic E-state index is 13.7. The Kier molecular flexibility index (Phi) is 6.82. The number of rotatable bonds is 5. The van der Waals surface area contributed by atoms with Gasteiger partial charge in [-0.15, -0.1) is 0 Å². The minimum Gasteiger partial charge on any atom is -0.481 e. The molecule has 1 aromatic rings. The van der Waals surface area contributed by atoms with E-state index in [0.29, 0.717) is 23.3 Å². The third-order valence-corrected chi connectivity index (χ3v) is 3.24. The summed E-state index contributed by atoms with van der Waals surface area (Å²) in [6.07, 6.45) is 0.640. The summed E-state index contributed by atoms with van der Waals surface area (Å²) in [5.41, 5.74) is 0.930. The van der Waals surface area contributed by atoms with Crippen LogP contribution < -0.4 is 0 Å². The zero-order valence-electron chi connectivity index (χ0n) is 11.1. The second kappa shape index (κ2) is 8.39. The van der Waals surface area contributed by atoms with Crippen molar-refractivity contribution >= 4 is 22.8 Å². The van der Waals surface area contributed by atoms with Crippen LogP contribution in [0.4, 0.5) is 4.39 Å². The number of hydrogen-bond donors (Lipinski definition) is 1. The summed E-state index contributed by atoms with van der Waals surface area (Å²) < 4.78 is 13.7. The zero-order valence-corrected chi connectivity index (χ0v) is 11.9. The number of aryl methyl sites for hydroxylation is 1. The lowest BCUT2D eigenvalue weighted by Gasteiger charge is -2.01. The molecule has 0 aliphatic carbocycles. The van der Waals surface area contributed by atoms with Crippen LogP contribution in [0.3, 0.4) is 0 Å². The molecule has 0 saturated heterocycles. The van der Waals surface area contributed by atoms with Crippen molar-refractivity contribution in [2.24, 2.45) is 0 Å². The molecule has 0 atom stereocenters. The van der Waals surface area contributed by atoms with Gasteiger partial charge < -0.3 is 5.11 Å². The van der Waals surface area contributed by atoms with Gasteiger partial charge in [0.1, 0.15) is 5.82 Å². The SMILES string of the molecule is CC(=O)SCCC#Cc1ccc(CCC(=O)O)c(F)c1. The number of aliphatic carboxylic acids is 1. The normalized spacial score (nSPS) is 9.70. The van der Waals surface area contributed by atoms with Gasteiger partial charge in [0.05, 0.1) is 0 Å². The van der Waals surface area contributed by atoms with Crippen molar-refractivity contribution in [1.82, 2.24) is 0 Å². The summed E-state index contributed by atoms with van der Waals surface area (Å²) in [4.78, 5) is 21.1. The summed E-state index contributed by atoms with van der Waals surface area (Å²) in [7, 11) is 0. The molecule has 106 valence electrons. The molecule has 3 nitrogen and oxygen atoms in total. The second-order valence-electron chi connectivity index (χ2n) is 4.09. The van der Waals surface area contributed by atoms with Crippen LogP contribution in [-0.4, -0.2) is 21.9 Å². The fourth-order valence-corrected chi connectivity index (χ4v) is 1.97. The highest BCUT2D eigenvalue weighted by atomic mass is 32.2. The first kappa shape index (κ1) is 16.3. The van der Waals surface area contributed by atoms with Gasteiger partial charge in [-0.3, -0.25) is 9.59 Å². The molecule has 0 saturated carbocycles. The van der Waals surface area contributed by atoms with E-state index in [1.165, 1.54) is 24.8 Å². The number of benzene rings is 1. The lowest BCUT2D eigenvalue weighted by atomic mass is 10.1. The fraction of sp³-hybridized carbons (Fsp3) is 0.333. The Morgan fingerprint density at radius 2 is 2.15 bits per heavy atom. The first-order chi connectivity index (χ1) is 9.49. The average molecular weight is 294 g/mol. The number of carboxylic acid groups (broad SMARTS) is 1. The quantitative estimate of drug-likeness (QED) is 0.670. The Labute approximate surface area is 121 Å². The van der Waals surface area contributed by atoms with Gasteiger partial charge in [0.25, 0.3) is 0 Å². The number of carbonyl (C=O) groups is 2. The van der Waals surface area contributed by atoms with Crippen LogP contribution in [0, 0.1) is 17.7 Å². The molecule has 0 aliphatic rings. The Balaban J connectivity index is 2.56. The monoisotopic (exact) mass is 294 g/mol. The summed E-state index contributed by atoms with van der Waals surface area (Å²) in [6, 6.07) is 4.54. The Hall–Kier alpha value is -1.80. The molecule has 5 heteroatoms. The number of halogens is 1. The summed E-state index contributed by atoms with van der Waals surface area (Å²) in [5.74, 6) is 4.93. The van der Waals surface area contributed by atoms with E-state index in [4.69, 9.17) is 5.11 Å². The van der Waals surface area contributed by atoms with Crippen LogP contribution in [0.15, 0.2) is 18.2 Å². The number of thioether (sulfide) groups is 1. The van der Waals surface area contributed by atoms with Crippen molar-refractivity contribution in [1.29, 1.82) is 0 Å². The van der Waals surface area contributed by atoms with Crippen molar-refractivity contribution in [2.75, 3.05) is 5.75 Å². The highest BCUT2D eigenvalue weighted by molar-refractivity contribution is 8.13. The number of carboxylic acids is 1. The van der Waals surface area contributed by atoms with Crippen LogP contribution in [0.2, 0.25) is 0 Å². The predicted molar refractivity (Wildman–Crippen MR) is 77.0 cm³/mol. The van der Waals surface area contributed by atoms with Gasteiger partial charge in [0.2, 0.25) is 0 Å². The third kappa shape index (κ3) is 6.39. The maximum absolute atomic E-state index is 13.7. The zero-order chi connectivity index (χ0) is 15.0. The topological polar surface area (TPSA) is 54.4 Å². The smallest absolute Gasteiger partial charge is 0.303 e. The molecule has 1 aromatic carbocycles. The second-order valence-corrected chi connectivity index (χ2v) is 5.36. The predicted octanol–water partition coefficient (Wildman–Crippen LogP) is 2.86. The molecule has 0 aromatic heterocycles. The van der Waals surface area contributed by atoms with Gasteiger partial charge in [0, 0.05) is 31.1 Å². The van der Waals surface area contributed by atoms with E-state index in [-0.39, 0.29) is 18.0 Å². The van der Waals surface area contributed by atoms with Crippen molar-refractivity contribution in [3.63, 3.8) is 0 Å². The van der Waals surface area contributed by atoms with Gasteiger partial charge in [-0.05, 0) is 24.1 Å². The minimum atomic E-state index is -0.948. The van der Waals surface area contributed by atoms with E-state index < -0.39 is 11.8 Å². The van der Waals surface area contributed by atoms with Crippen LogP contribution in [-0.2, 0) is 16.0 Å². The first-order valence-electron chi connectivity index (χ1n) is 6.11. The molecule has 0 heterocycles. The molecular formula is C15H15FO3S. The number of carbonyl (C=O) groups excluding carboxylic acids is 1. The maximum Gasteiger partial charge on any atom is 0.303 e. The molecule has 0 unspecified atom stereocenters. The summed E-state index contributed by atoms with van der Waals surface area (Å²) >= 11 is 1.21. The van der Waals surface area contributed by atoms with E-state index in [1.807, 2.05) is 0 Å². The Morgan fingerprint density at radius 3 is 2.75 bits per heavy atom. The Morgan fingerprint density at radius 1 is 1.40 bits per heavy atom. The minimum absolute atomic E-state index is 0.0561. The van der Waals surface area contributed by atoms with Crippen LogP contribution >= 0.6 is 11.8 Å². The van der Waals surface area contributed by atoms with E-state index in [0.717, 1.165) is 0 Å². The standard InChI is InChI=1S/C15H15FO3S/c1-11(17)20-9-3-2-4-12-5-6-13(14(16)10-12)7-8-15(18)19/h5-6,10H,3,7-9H2,1H3,(H,18,19). The lowest BCUT2D eigenvalue weighted by Crippen LogP contribution is -1.99. The van der Waals surface area contributed by atoms with E-state index >= 15 is 0 Å². The number of hydrogen-bond acceptors (Lipinski definition) is 3.